The lowest BCUT2D eigenvalue weighted by atomic mass is 10.0. The summed E-state index contributed by atoms with van der Waals surface area (Å²) in [6.07, 6.45) is -2.98. The van der Waals surface area contributed by atoms with Gasteiger partial charge < -0.3 is 78.0 Å². The lowest BCUT2D eigenvalue weighted by Gasteiger charge is -2.20. The molecule has 5 amide bonds. The van der Waals surface area contributed by atoms with E-state index in [4.69, 9.17) is 41.6 Å². The summed E-state index contributed by atoms with van der Waals surface area (Å²) in [5, 5.41) is 62.7. The number of hydrogen-bond acceptors (Lipinski definition) is 18. The summed E-state index contributed by atoms with van der Waals surface area (Å²) < 4.78 is 19.6. The van der Waals surface area contributed by atoms with Crippen LogP contribution in [-0.4, -0.2) is 136 Å². The highest BCUT2D eigenvalue weighted by Gasteiger charge is 2.29. The molecule has 0 aromatic heterocycles. The Morgan fingerprint density at radius 2 is 0.822 bits per heavy atom. The van der Waals surface area contributed by atoms with Gasteiger partial charge in [-0.1, -0.05) is 0 Å². The van der Waals surface area contributed by atoms with Crippen LogP contribution in [0.25, 0.3) is 0 Å². The maximum absolute atomic E-state index is 12.8. The van der Waals surface area contributed by atoms with Gasteiger partial charge in [0.1, 0.15) is 13.2 Å². The Hall–Kier alpha value is -0.450. The third-order valence-electron chi connectivity index (χ3n) is 8.88. The molecule has 32 heteroatoms. The van der Waals surface area contributed by atoms with Crippen LogP contribution < -0.4 is 33.2 Å². The zero-order chi connectivity index (χ0) is 56.3. The Balaban J connectivity index is 0.000000555. The molecule has 0 saturated carbocycles. The lowest BCUT2D eigenvalue weighted by Crippen LogP contribution is -2.38. The molecule has 404 valence electrons. The zero-order valence-corrected chi connectivity index (χ0v) is 57.3. The normalized spacial score (nSPS) is 11.8. The number of ether oxygens (including phenoxy) is 3. The Morgan fingerprint density at radius 3 is 1.15 bits per heavy atom. The minimum Gasteiger partial charge on any atom is -0.462 e. The van der Waals surface area contributed by atoms with Crippen molar-refractivity contribution in [2.75, 3.05) is 45.2 Å². The number of halogens is 9. The highest BCUT2D eigenvalue weighted by Crippen LogP contribution is 2.35. The van der Waals surface area contributed by atoms with Crippen LogP contribution in [0.1, 0.15) is 89.3 Å². The molecule has 0 spiro atoms. The SMILES string of the molecule is CC(=O)OCc1c(I)c(N)c(I)c(C(=O)NCC(COC(C)=O)OC(C)=O)c1I.NC(=O)c1c(I)c(CO)c(I)c(C(=O)NCC(O)CO)c1I.NC(=O)c1c(I)c(CO)c(I)c(C(=O)NCC(O)CO)c1I. The summed E-state index contributed by atoms with van der Waals surface area (Å²) in [7, 11) is 0. The number of aliphatic hydroxyl groups excluding tert-OH is 6. The Labute approximate surface area is 539 Å². The van der Waals surface area contributed by atoms with E-state index in [9.17, 15) is 58.8 Å². The molecular weight excluding hydrogens is 1990 g/mol. The summed E-state index contributed by atoms with van der Waals surface area (Å²) in [6, 6.07) is 0. The standard InChI is InChI=1S/C17H19I3N2O7.2C12H13I3N2O5/c1-7(23)27-5-10(29-9(3)25)4-22-17(26)12-13(18)11(6-28-8(2)24)14(19)16(21)15(12)20;2*13-8-5(3-19)9(14)7(10(15)6(8)11(16)21)12(22)17-1-4(20)2-18/h10H,4-6,21H2,1-3H3,(H,22,26);2*4,18-20H,1-3H2,(H2,16,21)(H,17,22). The molecule has 0 aliphatic rings. The largest absolute Gasteiger partial charge is 0.462 e. The van der Waals surface area contributed by atoms with Crippen molar-refractivity contribution in [1.29, 1.82) is 0 Å². The van der Waals surface area contributed by atoms with E-state index >= 15 is 0 Å². The fourth-order valence-electron chi connectivity index (χ4n) is 5.38. The van der Waals surface area contributed by atoms with Crippen molar-refractivity contribution in [1.82, 2.24) is 16.0 Å². The van der Waals surface area contributed by atoms with E-state index < -0.39 is 79.0 Å². The number of rotatable bonds is 20. The predicted molar refractivity (Wildman–Crippen MR) is 338 cm³/mol. The summed E-state index contributed by atoms with van der Waals surface area (Å²) in [6.45, 7) is 1.58. The average molecular weight is 2040 g/mol. The number of aliphatic hydroxyl groups is 6. The third-order valence-corrected chi connectivity index (χ3v) is 19.3. The van der Waals surface area contributed by atoms with Crippen LogP contribution in [0, 0.1) is 32.1 Å². The molecule has 0 aliphatic carbocycles. The number of nitrogens with one attached hydrogen (secondary N) is 3. The van der Waals surface area contributed by atoms with Crippen LogP contribution >= 0.6 is 203 Å². The van der Waals surface area contributed by atoms with Gasteiger partial charge in [-0.15, -0.1) is 0 Å². The van der Waals surface area contributed by atoms with Crippen molar-refractivity contribution in [2.45, 2.75) is 58.9 Å². The number of benzene rings is 3. The molecule has 3 rings (SSSR count). The number of nitrogens with two attached hydrogens (primary N) is 3. The van der Waals surface area contributed by atoms with Crippen molar-refractivity contribution >= 4 is 256 Å². The highest BCUT2D eigenvalue weighted by molar-refractivity contribution is 14.1. The Kier molecular flexibility index (Phi) is 33.4. The molecular formula is C41H45I9N6O17. The lowest BCUT2D eigenvalue weighted by molar-refractivity contribution is -0.155. The van der Waals surface area contributed by atoms with E-state index in [-0.39, 0.29) is 68.3 Å². The molecule has 0 aliphatic heterocycles. The third kappa shape index (κ3) is 20.9. The first-order chi connectivity index (χ1) is 34.0. The maximum Gasteiger partial charge on any atom is 0.303 e. The van der Waals surface area contributed by atoms with E-state index in [1.165, 1.54) is 20.8 Å². The number of anilines is 1. The quantitative estimate of drug-likeness (QED) is 0.0335. The van der Waals surface area contributed by atoms with Gasteiger partial charge in [0.05, 0.1) is 82.3 Å². The topological polar surface area (TPSA) is 400 Å². The second-order valence-electron chi connectivity index (χ2n) is 14.2. The number of carbonyl (C=O) groups is 8. The molecule has 3 atom stereocenters. The smallest absolute Gasteiger partial charge is 0.303 e. The van der Waals surface area contributed by atoms with Gasteiger partial charge in [0.2, 0.25) is 0 Å². The number of esters is 3. The van der Waals surface area contributed by atoms with Gasteiger partial charge in [0.15, 0.2) is 6.10 Å². The Morgan fingerprint density at radius 1 is 0.479 bits per heavy atom. The number of primary amides is 2. The summed E-state index contributed by atoms with van der Waals surface area (Å²) in [5.41, 5.74) is 19.9. The van der Waals surface area contributed by atoms with Gasteiger partial charge in [0, 0.05) is 79.1 Å². The molecule has 23 nitrogen and oxygen atoms in total. The molecule has 15 N–H and O–H groups in total. The highest BCUT2D eigenvalue weighted by atomic mass is 127. The van der Waals surface area contributed by atoms with E-state index in [0.29, 0.717) is 60.1 Å². The molecule has 0 radical (unpaired) electrons. The van der Waals surface area contributed by atoms with Crippen molar-refractivity contribution in [3.05, 3.63) is 76.6 Å². The summed E-state index contributed by atoms with van der Waals surface area (Å²) in [5.74, 6) is -4.42. The molecule has 0 fully saturated rings. The molecule has 0 heterocycles. The van der Waals surface area contributed by atoms with Crippen LogP contribution in [0.5, 0.6) is 0 Å². The fraction of sp³-hybridized carbons (Fsp3) is 0.366. The van der Waals surface area contributed by atoms with Gasteiger partial charge in [-0.2, -0.15) is 0 Å². The zero-order valence-electron chi connectivity index (χ0n) is 37.9. The van der Waals surface area contributed by atoms with E-state index in [0.717, 1.165) is 0 Å². The van der Waals surface area contributed by atoms with Crippen LogP contribution in [0.15, 0.2) is 0 Å². The molecule has 73 heavy (non-hydrogen) atoms. The van der Waals surface area contributed by atoms with Gasteiger partial charge in [-0.05, 0) is 203 Å². The predicted octanol–water partition coefficient (Wildman–Crippen LogP) is 2.72. The first-order valence-corrected chi connectivity index (χ1v) is 29.7. The van der Waals surface area contributed by atoms with Crippen molar-refractivity contribution in [2.24, 2.45) is 11.5 Å². The van der Waals surface area contributed by atoms with Gasteiger partial charge in [-0.3, -0.25) is 38.4 Å². The molecule has 0 bridgehead atoms. The minimum atomic E-state index is -1.07. The Bertz CT molecular complexity index is 2490. The van der Waals surface area contributed by atoms with Gasteiger partial charge in [-0.25, -0.2) is 0 Å². The summed E-state index contributed by atoms with van der Waals surface area (Å²) >= 11 is 17.4. The fourth-order valence-corrected chi connectivity index (χ4v) is 18.4. The van der Waals surface area contributed by atoms with Crippen molar-refractivity contribution < 1.29 is 83.2 Å². The van der Waals surface area contributed by atoms with E-state index in [2.05, 4.69) is 16.0 Å². The van der Waals surface area contributed by atoms with E-state index in [1.54, 1.807) is 0 Å². The maximum atomic E-state index is 12.8. The van der Waals surface area contributed by atoms with E-state index in [1.807, 2.05) is 203 Å². The molecule has 0 saturated heterocycles. The number of amides is 5. The number of nitrogen functional groups attached to an aromatic ring is 1. The molecule has 3 aromatic rings. The average Bonchev–Trinajstić information content (AvgIpc) is 3.30. The van der Waals surface area contributed by atoms with Gasteiger partial charge in [0.25, 0.3) is 29.5 Å². The van der Waals surface area contributed by atoms with Crippen LogP contribution in [0.3, 0.4) is 0 Å². The van der Waals surface area contributed by atoms with Gasteiger partial charge >= 0.3 is 17.9 Å². The second-order valence-corrected chi connectivity index (χ2v) is 23.9. The second kappa shape index (κ2) is 34.5. The van der Waals surface area contributed by atoms with Crippen molar-refractivity contribution in [3.63, 3.8) is 0 Å². The van der Waals surface area contributed by atoms with Crippen molar-refractivity contribution in [3.8, 4) is 0 Å². The van der Waals surface area contributed by atoms with Crippen LogP contribution in [0.4, 0.5) is 5.69 Å². The summed E-state index contributed by atoms with van der Waals surface area (Å²) in [4.78, 5) is 94.1. The molecule has 3 aromatic carbocycles. The van der Waals surface area contributed by atoms with Crippen LogP contribution in [-0.2, 0) is 48.4 Å². The monoisotopic (exact) mass is 2040 g/mol. The number of hydrogen-bond donors (Lipinski definition) is 12. The first-order valence-electron chi connectivity index (χ1n) is 20.0. The first kappa shape index (κ1) is 70.6. The van der Waals surface area contributed by atoms with Crippen LogP contribution in [0.2, 0.25) is 0 Å². The minimum absolute atomic E-state index is 0.0181. The number of carbonyl (C=O) groups excluding carboxylic acids is 8. The molecule has 3 unspecified atom stereocenters.